The molecule has 0 radical (unpaired) electrons. The van der Waals surface area contributed by atoms with Gasteiger partial charge in [-0.05, 0) is 91.8 Å². The predicted octanol–water partition coefficient (Wildman–Crippen LogP) is 7.04. The van der Waals surface area contributed by atoms with Crippen molar-refractivity contribution < 1.29 is 8.81 Å². The van der Waals surface area contributed by atoms with Gasteiger partial charge in [0.15, 0.2) is 5.11 Å². The highest BCUT2D eigenvalue weighted by molar-refractivity contribution is 9.10. The maximum atomic E-state index is 14.0. The lowest BCUT2D eigenvalue weighted by Crippen LogP contribution is -2.29. The summed E-state index contributed by atoms with van der Waals surface area (Å²) in [5.41, 5.74) is 4.33. The van der Waals surface area contributed by atoms with E-state index < -0.39 is 0 Å². The van der Waals surface area contributed by atoms with Crippen LogP contribution in [0.5, 0.6) is 0 Å². The van der Waals surface area contributed by atoms with Gasteiger partial charge in [-0.2, -0.15) is 0 Å². The largest absolute Gasteiger partial charge is 0.459 e. The predicted molar refractivity (Wildman–Crippen MR) is 136 cm³/mol. The Kier molecular flexibility index (Phi) is 5.76. The van der Waals surface area contributed by atoms with Crippen molar-refractivity contribution in [3.8, 4) is 11.3 Å². The van der Waals surface area contributed by atoms with E-state index in [9.17, 15) is 4.39 Å². The minimum absolute atomic E-state index is 0.232. The Morgan fingerprint density at radius 3 is 2.64 bits per heavy atom. The molecule has 0 unspecified atom stereocenters. The van der Waals surface area contributed by atoms with E-state index >= 15 is 0 Å². The fourth-order valence-corrected chi connectivity index (χ4v) is 5.21. The van der Waals surface area contributed by atoms with E-state index in [-0.39, 0.29) is 17.9 Å². The molecule has 1 aliphatic heterocycles. The molecule has 0 aliphatic carbocycles. The number of nitrogens with one attached hydrogen (secondary N) is 1. The van der Waals surface area contributed by atoms with Crippen LogP contribution in [-0.2, 0) is 0 Å². The summed E-state index contributed by atoms with van der Waals surface area (Å²) in [5.74, 6) is 1.24. The molecule has 2 aromatic carbocycles. The molecule has 3 heterocycles. The van der Waals surface area contributed by atoms with E-state index in [1.165, 1.54) is 6.07 Å². The van der Waals surface area contributed by atoms with E-state index in [1.54, 1.807) is 25.3 Å². The number of anilines is 1. The molecule has 0 bridgehead atoms. The van der Waals surface area contributed by atoms with Gasteiger partial charge in [0.25, 0.3) is 0 Å². The van der Waals surface area contributed by atoms with Gasteiger partial charge in [-0.1, -0.05) is 28.1 Å². The van der Waals surface area contributed by atoms with Crippen molar-refractivity contribution in [3.05, 3.63) is 106 Å². The SMILES string of the molecule is Cc1ccc(-c2ccc([C@H]3[C@@H](c4ccccn4)NC(=S)N3c3ccc(F)c(C)c3)o2)c(Br)c1. The van der Waals surface area contributed by atoms with Crippen LogP contribution in [0.3, 0.4) is 0 Å². The fourth-order valence-electron chi connectivity index (χ4n) is 4.18. The zero-order valence-electron chi connectivity index (χ0n) is 18.0. The van der Waals surface area contributed by atoms with Crippen molar-refractivity contribution in [2.24, 2.45) is 0 Å². The van der Waals surface area contributed by atoms with Gasteiger partial charge < -0.3 is 14.6 Å². The highest BCUT2D eigenvalue weighted by atomic mass is 79.9. The van der Waals surface area contributed by atoms with Gasteiger partial charge in [0.1, 0.15) is 23.4 Å². The number of furan rings is 1. The molecule has 4 aromatic rings. The molecular formula is C26H21BrFN3OS. The van der Waals surface area contributed by atoms with Crippen LogP contribution in [0.2, 0.25) is 0 Å². The first-order valence-electron chi connectivity index (χ1n) is 10.6. The molecule has 1 aliphatic rings. The third-order valence-corrected chi connectivity index (χ3v) is 6.80. The molecule has 0 saturated carbocycles. The highest BCUT2D eigenvalue weighted by Gasteiger charge is 2.42. The zero-order valence-corrected chi connectivity index (χ0v) is 20.5. The molecule has 0 spiro atoms. The number of benzene rings is 2. The number of halogens is 2. The molecule has 7 heteroatoms. The Bertz CT molecular complexity index is 1340. The number of aryl methyl sites for hydroxylation is 2. The number of rotatable bonds is 4. The van der Waals surface area contributed by atoms with E-state index in [0.29, 0.717) is 10.7 Å². The van der Waals surface area contributed by atoms with Gasteiger partial charge >= 0.3 is 0 Å². The third kappa shape index (κ3) is 4.07. The van der Waals surface area contributed by atoms with Crippen LogP contribution in [0.4, 0.5) is 10.1 Å². The van der Waals surface area contributed by atoms with Gasteiger partial charge in [-0.25, -0.2) is 4.39 Å². The van der Waals surface area contributed by atoms with Crippen LogP contribution >= 0.6 is 28.1 Å². The summed E-state index contributed by atoms with van der Waals surface area (Å²) < 4.78 is 21.4. The summed E-state index contributed by atoms with van der Waals surface area (Å²) in [6.45, 7) is 3.80. The van der Waals surface area contributed by atoms with Crippen LogP contribution in [0.15, 0.2) is 81.8 Å². The van der Waals surface area contributed by atoms with E-state index in [2.05, 4.69) is 38.4 Å². The molecule has 2 aromatic heterocycles. The second kappa shape index (κ2) is 8.72. The van der Waals surface area contributed by atoms with Crippen molar-refractivity contribution in [1.82, 2.24) is 10.3 Å². The molecule has 1 saturated heterocycles. The Balaban J connectivity index is 1.61. The number of hydrogen-bond donors (Lipinski definition) is 1. The first kappa shape index (κ1) is 21.8. The number of pyridine rings is 1. The normalized spacial score (nSPS) is 17.9. The van der Waals surface area contributed by atoms with Gasteiger partial charge in [0.05, 0.1) is 11.7 Å². The molecule has 1 N–H and O–H groups in total. The summed E-state index contributed by atoms with van der Waals surface area (Å²) in [7, 11) is 0. The summed E-state index contributed by atoms with van der Waals surface area (Å²) in [6, 6.07) is 20.4. The van der Waals surface area contributed by atoms with Gasteiger partial charge in [0, 0.05) is 21.9 Å². The molecule has 2 atom stereocenters. The van der Waals surface area contributed by atoms with Crippen LogP contribution in [-0.4, -0.2) is 10.1 Å². The van der Waals surface area contributed by atoms with Crippen molar-refractivity contribution in [3.63, 3.8) is 0 Å². The lowest BCUT2D eigenvalue weighted by atomic mass is 10.0. The number of nitrogens with zero attached hydrogens (tertiary/aromatic N) is 2. The Labute approximate surface area is 205 Å². The summed E-state index contributed by atoms with van der Waals surface area (Å²) in [5, 5.41) is 3.94. The highest BCUT2D eigenvalue weighted by Crippen LogP contribution is 2.43. The quantitative estimate of drug-likeness (QED) is 0.291. The minimum Gasteiger partial charge on any atom is -0.459 e. The molecule has 0 amide bonds. The molecule has 166 valence electrons. The maximum Gasteiger partial charge on any atom is 0.174 e. The van der Waals surface area contributed by atoms with Crippen LogP contribution in [0, 0.1) is 19.7 Å². The van der Waals surface area contributed by atoms with Crippen LogP contribution < -0.4 is 10.2 Å². The monoisotopic (exact) mass is 521 g/mol. The first-order chi connectivity index (χ1) is 15.9. The lowest BCUT2D eigenvalue weighted by Gasteiger charge is -2.26. The zero-order chi connectivity index (χ0) is 23.1. The first-order valence-corrected chi connectivity index (χ1v) is 11.8. The second-order valence-corrected chi connectivity index (χ2v) is 9.36. The Hall–Kier alpha value is -3.03. The number of hydrogen-bond acceptors (Lipinski definition) is 3. The van der Waals surface area contributed by atoms with Gasteiger partial charge in [-0.15, -0.1) is 0 Å². The summed E-state index contributed by atoms with van der Waals surface area (Å²) >= 11 is 9.38. The number of thiocarbonyl (C=S) groups is 1. The smallest absolute Gasteiger partial charge is 0.174 e. The van der Waals surface area contributed by atoms with Gasteiger partial charge in [0.2, 0.25) is 0 Å². The second-order valence-electron chi connectivity index (χ2n) is 8.12. The lowest BCUT2D eigenvalue weighted by molar-refractivity contribution is 0.439. The fraction of sp³-hybridized carbons (Fsp3) is 0.154. The van der Waals surface area contributed by atoms with Crippen LogP contribution in [0.1, 0.15) is 34.7 Å². The molecule has 5 rings (SSSR count). The molecule has 1 fully saturated rings. The van der Waals surface area contributed by atoms with E-state index in [0.717, 1.165) is 38.5 Å². The van der Waals surface area contributed by atoms with Crippen molar-refractivity contribution in [1.29, 1.82) is 0 Å². The van der Waals surface area contributed by atoms with Crippen LogP contribution in [0.25, 0.3) is 11.3 Å². The summed E-state index contributed by atoms with van der Waals surface area (Å²) in [6.07, 6.45) is 1.76. The topological polar surface area (TPSA) is 41.3 Å². The average Bonchev–Trinajstić information content (AvgIpc) is 3.41. The van der Waals surface area contributed by atoms with Crippen molar-refractivity contribution >= 4 is 38.9 Å². The molecule has 4 nitrogen and oxygen atoms in total. The van der Waals surface area contributed by atoms with Gasteiger partial charge in [-0.3, -0.25) is 4.98 Å². The minimum atomic E-state index is -0.296. The number of aromatic nitrogens is 1. The van der Waals surface area contributed by atoms with Crippen molar-refractivity contribution in [2.75, 3.05) is 4.90 Å². The van der Waals surface area contributed by atoms with Crippen molar-refractivity contribution in [2.45, 2.75) is 25.9 Å². The molecule has 33 heavy (non-hydrogen) atoms. The maximum absolute atomic E-state index is 14.0. The third-order valence-electron chi connectivity index (χ3n) is 5.83. The standard InChI is InChI=1S/C26H21BrFN3OS/c1-15-6-8-18(19(27)13-15)22-10-11-23(32-22)25-24(21-5-3-4-12-29-21)30-26(33)31(25)17-7-9-20(28)16(2)14-17/h3-14,24-25H,1-2H3,(H,30,33)/t24-,25+/m1/s1. The Morgan fingerprint density at radius 1 is 1.06 bits per heavy atom. The average molecular weight is 522 g/mol. The van der Waals surface area contributed by atoms with E-state index in [4.69, 9.17) is 16.6 Å². The molecular weight excluding hydrogens is 501 g/mol. The Morgan fingerprint density at radius 2 is 1.91 bits per heavy atom. The summed E-state index contributed by atoms with van der Waals surface area (Å²) in [4.78, 5) is 6.54. The van der Waals surface area contributed by atoms with E-state index in [1.807, 2.05) is 48.2 Å².